The Hall–Kier alpha value is -2.65. The van der Waals surface area contributed by atoms with Gasteiger partial charge in [-0.2, -0.15) is 0 Å². The van der Waals surface area contributed by atoms with Gasteiger partial charge in [-0.15, -0.1) is 0 Å². The molecule has 2 aromatic rings. The van der Waals surface area contributed by atoms with E-state index in [4.69, 9.17) is 4.74 Å². The van der Waals surface area contributed by atoms with Gasteiger partial charge in [0.15, 0.2) is 0 Å². The second-order valence-electron chi connectivity index (χ2n) is 9.12. The normalized spacial score (nSPS) is 23.7. The number of nitrogens with zero attached hydrogens (tertiary/aromatic N) is 3. The number of imide groups is 1. The Balaban J connectivity index is 1.32. The van der Waals surface area contributed by atoms with Crippen molar-refractivity contribution in [1.29, 1.82) is 0 Å². The van der Waals surface area contributed by atoms with Crippen molar-refractivity contribution in [2.45, 2.75) is 56.8 Å². The molecule has 4 heterocycles. The average molecular weight is 442 g/mol. The molecule has 1 aromatic carbocycles. The van der Waals surface area contributed by atoms with E-state index in [1.54, 1.807) is 11.6 Å². The van der Waals surface area contributed by atoms with Gasteiger partial charge in [0.1, 0.15) is 6.04 Å². The Morgan fingerprint density at radius 3 is 2.38 bits per heavy atom. The number of aryl methyl sites for hydroxylation is 1. The maximum absolute atomic E-state index is 13.0. The lowest BCUT2D eigenvalue weighted by molar-refractivity contribution is -0.135. The molecule has 2 N–H and O–H groups in total. The van der Waals surface area contributed by atoms with E-state index < -0.39 is 11.9 Å². The molecular weight excluding hydrogens is 410 g/mol. The van der Waals surface area contributed by atoms with Crippen molar-refractivity contribution in [3.05, 3.63) is 28.7 Å². The van der Waals surface area contributed by atoms with E-state index >= 15 is 0 Å². The first-order valence-corrected chi connectivity index (χ1v) is 11.7. The minimum atomic E-state index is -0.655. The Labute approximate surface area is 186 Å². The van der Waals surface area contributed by atoms with E-state index in [9.17, 15) is 14.4 Å². The summed E-state index contributed by atoms with van der Waals surface area (Å²) in [5, 5.41) is 5.73. The third kappa shape index (κ3) is 3.95. The van der Waals surface area contributed by atoms with Crippen LogP contribution in [0.2, 0.25) is 0 Å². The summed E-state index contributed by atoms with van der Waals surface area (Å²) >= 11 is 0. The number of imidazole rings is 1. The van der Waals surface area contributed by atoms with E-state index in [1.807, 2.05) is 18.2 Å². The molecule has 0 aliphatic carbocycles. The molecule has 1 unspecified atom stereocenters. The van der Waals surface area contributed by atoms with Crippen LogP contribution in [0.1, 0.15) is 44.6 Å². The van der Waals surface area contributed by atoms with Gasteiger partial charge in [-0.05, 0) is 63.4 Å². The number of amides is 2. The SMILES string of the molecule is Cn1c(=O)n(C2CCC(=O)NC2=O)c2ccc(N3CCC(OC4CCNCC4)CC3)cc21. The van der Waals surface area contributed by atoms with Crippen molar-refractivity contribution in [3.63, 3.8) is 0 Å². The number of hydrogen-bond acceptors (Lipinski definition) is 6. The first kappa shape index (κ1) is 21.2. The Morgan fingerprint density at radius 2 is 1.66 bits per heavy atom. The third-order valence-corrected chi connectivity index (χ3v) is 7.07. The predicted molar refractivity (Wildman–Crippen MR) is 121 cm³/mol. The molecule has 0 saturated carbocycles. The number of fused-ring (bicyclic) bond motifs is 1. The van der Waals surface area contributed by atoms with Crippen LogP contribution in [0.4, 0.5) is 5.69 Å². The van der Waals surface area contributed by atoms with Gasteiger partial charge in [-0.1, -0.05) is 0 Å². The van der Waals surface area contributed by atoms with Crippen LogP contribution in [0.25, 0.3) is 11.0 Å². The number of nitrogens with one attached hydrogen (secondary N) is 2. The highest BCUT2D eigenvalue weighted by Gasteiger charge is 2.31. The van der Waals surface area contributed by atoms with Crippen molar-refractivity contribution in [1.82, 2.24) is 19.8 Å². The number of ether oxygens (including phenoxy) is 1. The summed E-state index contributed by atoms with van der Waals surface area (Å²) in [4.78, 5) is 39.2. The average Bonchev–Trinajstić information content (AvgIpc) is 3.05. The van der Waals surface area contributed by atoms with E-state index in [0.717, 1.165) is 68.6 Å². The third-order valence-electron chi connectivity index (χ3n) is 7.07. The Bertz CT molecular complexity index is 1080. The lowest BCUT2D eigenvalue weighted by Gasteiger charge is -2.36. The molecule has 32 heavy (non-hydrogen) atoms. The van der Waals surface area contributed by atoms with Crippen LogP contribution in [0.15, 0.2) is 23.0 Å². The summed E-state index contributed by atoms with van der Waals surface area (Å²) in [6.45, 7) is 3.92. The van der Waals surface area contributed by atoms with Gasteiger partial charge in [0, 0.05) is 32.2 Å². The van der Waals surface area contributed by atoms with Crippen LogP contribution in [0.3, 0.4) is 0 Å². The fourth-order valence-corrected chi connectivity index (χ4v) is 5.23. The highest BCUT2D eigenvalue weighted by Crippen LogP contribution is 2.28. The number of rotatable bonds is 4. The Morgan fingerprint density at radius 1 is 0.938 bits per heavy atom. The van der Waals surface area contributed by atoms with Crippen LogP contribution >= 0.6 is 0 Å². The van der Waals surface area contributed by atoms with Gasteiger partial charge in [0.25, 0.3) is 0 Å². The number of aromatic nitrogens is 2. The van der Waals surface area contributed by atoms with Crippen LogP contribution in [0, 0.1) is 0 Å². The summed E-state index contributed by atoms with van der Waals surface area (Å²) in [5.41, 5.74) is 2.36. The fraction of sp³-hybridized carbons (Fsp3) is 0.609. The monoisotopic (exact) mass is 441 g/mol. The molecule has 5 rings (SSSR count). The van der Waals surface area contributed by atoms with Gasteiger partial charge in [-0.3, -0.25) is 24.0 Å². The number of piperidine rings is 3. The summed E-state index contributed by atoms with van der Waals surface area (Å²) in [6, 6.07) is 5.33. The smallest absolute Gasteiger partial charge is 0.329 e. The standard InChI is InChI=1S/C23H31N5O4/c1-26-20-14-15(27-12-8-17(9-13-27)32-16-6-10-24-11-7-16)2-3-18(20)28(23(26)31)19-4-5-21(29)25-22(19)30/h2-3,14,16-17,19,24H,4-13H2,1H3,(H,25,29,30). The van der Waals surface area contributed by atoms with Crippen molar-refractivity contribution in [2.24, 2.45) is 7.05 Å². The molecular formula is C23H31N5O4. The van der Waals surface area contributed by atoms with Crippen LogP contribution in [0.5, 0.6) is 0 Å². The van der Waals surface area contributed by atoms with Gasteiger partial charge in [0.05, 0.1) is 23.2 Å². The van der Waals surface area contributed by atoms with E-state index in [2.05, 4.69) is 15.5 Å². The van der Waals surface area contributed by atoms with Crippen molar-refractivity contribution in [3.8, 4) is 0 Å². The molecule has 172 valence electrons. The lowest BCUT2D eigenvalue weighted by atomic mass is 10.0. The summed E-state index contributed by atoms with van der Waals surface area (Å²) < 4.78 is 9.45. The molecule has 0 bridgehead atoms. The summed E-state index contributed by atoms with van der Waals surface area (Å²) in [6.07, 6.45) is 5.46. The Kier molecular flexibility index (Phi) is 5.77. The fourth-order valence-electron chi connectivity index (χ4n) is 5.23. The zero-order valence-corrected chi connectivity index (χ0v) is 18.5. The number of hydrogen-bond donors (Lipinski definition) is 2. The molecule has 0 spiro atoms. The molecule has 0 radical (unpaired) electrons. The predicted octanol–water partition coefficient (Wildman–Crippen LogP) is 1.06. The molecule has 1 atom stereocenters. The van der Waals surface area contributed by atoms with Crippen molar-refractivity contribution >= 4 is 28.5 Å². The van der Waals surface area contributed by atoms with Gasteiger partial charge >= 0.3 is 5.69 Å². The quantitative estimate of drug-likeness (QED) is 0.689. The summed E-state index contributed by atoms with van der Waals surface area (Å²) in [5.74, 6) is -0.690. The van der Waals surface area contributed by atoms with Gasteiger partial charge < -0.3 is 15.0 Å². The molecule has 3 saturated heterocycles. The number of carbonyl (C=O) groups is 2. The van der Waals surface area contributed by atoms with E-state index in [-0.39, 0.29) is 18.0 Å². The first-order valence-electron chi connectivity index (χ1n) is 11.7. The van der Waals surface area contributed by atoms with Crippen LogP contribution in [-0.2, 0) is 21.4 Å². The molecule has 1 aromatic heterocycles. The molecule has 3 aliphatic rings. The van der Waals surface area contributed by atoms with Crippen molar-refractivity contribution in [2.75, 3.05) is 31.1 Å². The maximum Gasteiger partial charge on any atom is 0.329 e. The van der Waals surface area contributed by atoms with Crippen molar-refractivity contribution < 1.29 is 14.3 Å². The highest BCUT2D eigenvalue weighted by molar-refractivity contribution is 6.00. The highest BCUT2D eigenvalue weighted by atomic mass is 16.5. The zero-order chi connectivity index (χ0) is 22.2. The van der Waals surface area contributed by atoms with E-state index in [1.165, 1.54) is 4.57 Å². The molecule has 3 fully saturated rings. The molecule has 9 nitrogen and oxygen atoms in total. The van der Waals surface area contributed by atoms with Gasteiger partial charge in [-0.25, -0.2) is 4.79 Å². The minimum absolute atomic E-state index is 0.235. The second-order valence-corrected chi connectivity index (χ2v) is 9.12. The zero-order valence-electron chi connectivity index (χ0n) is 18.5. The molecule has 2 amide bonds. The largest absolute Gasteiger partial charge is 0.375 e. The first-order chi connectivity index (χ1) is 15.5. The number of anilines is 1. The lowest BCUT2D eigenvalue weighted by Crippen LogP contribution is -2.44. The summed E-state index contributed by atoms with van der Waals surface area (Å²) in [7, 11) is 1.73. The number of carbonyl (C=O) groups excluding carboxylic acids is 2. The minimum Gasteiger partial charge on any atom is -0.375 e. The second kappa shape index (κ2) is 8.71. The molecule has 9 heteroatoms. The van der Waals surface area contributed by atoms with Gasteiger partial charge in [0.2, 0.25) is 11.8 Å². The van der Waals surface area contributed by atoms with E-state index in [0.29, 0.717) is 18.6 Å². The molecule has 3 aliphatic heterocycles. The number of benzene rings is 1. The maximum atomic E-state index is 13.0. The van der Waals surface area contributed by atoms with Crippen LogP contribution in [-0.4, -0.2) is 59.3 Å². The van der Waals surface area contributed by atoms with Crippen LogP contribution < -0.4 is 21.2 Å². The topological polar surface area (TPSA) is 97.6 Å².